The highest BCUT2D eigenvalue weighted by molar-refractivity contribution is 7.64. The predicted molar refractivity (Wildman–Crippen MR) is 171 cm³/mol. The standard InChI is InChI=1S/C28H33N5O15P2/c29-19(25(35)36)12-7-15-49(40,41)48-50(42,43)44-16-20-22(34)23(47-28(39)45-18-10-5-2-6-11-18)24(46-20)33-14-13-21(32-27(33)38)31-26(37)30-17-8-3-1-4-9-17/h1-6,8-11,13-14,19-20,22-24,34H,7,12,15-16,29H2,(H,35,36)(H,40,41)(H,42,43)(H2,30,31,32,37,38)/t19?,20-,22?,23?,24-/m1/s1. The Morgan fingerprint density at radius 2 is 1.68 bits per heavy atom. The number of carbonyl (C=O) groups excluding carboxylic acids is 2. The van der Waals surface area contributed by atoms with E-state index in [0.29, 0.717) is 5.69 Å². The van der Waals surface area contributed by atoms with Crippen LogP contribution in [-0.4, -0.2) is 84.8 Å². The monoisotopic (exact) mass is 741 g/mol. The number of hydrogen-bond acceptors (Lipinski definition) is 14. The van der Waals surface area contributed by atoms with Crippen LogP contribution in [0.4, 0.5) is 21.1 Å². The van der Waals surface area contributed by atoms with Crippen molar-refractivity contribution in [2.45, 2.75) is 43.4 Å². The van der Waals surface area contributed by atoms with Crippen molar-refractivity contribution in [2.24, 2.45) is 5.73 Å². The third kappa shape index (κ3) is 11.3. The minimum Gasteiger partial charge on any atom is -0.480 e. The van der Waals surface area contributed by atoms with E-state index in [2.05, 4.69) is 19.9 Å². The number of anilines is 2. The summed E-state index contributed by atoms with van der Waals surface area (Å²) in [5.74, 6) is -1.46. The lowest BCUT2D eigenvalue weighted by Crippen LogP contribution is -2.40. The summed E-state index contributed by atoms with van der Waals surface area (Å²) in [6, 6.07) is 15.2. The van der Waals surface area contributed by atoms with Crippen LogP contribution >= 0.6 is 15.4 Å². The smallest absolute Gasteiger partial charge is 0.480 e. The number of phosphoric ester groups is 1. The number of aromatic nitrogens is 2. The number of nitrogens with two attached hydrogens (primary N) is 1. The van der Waals surface area contributed by atoms with Gasteiger partial charge in [-0.3, -0.25) is 23.8 Å². The average Bonchev–Trinajstić information content (AvgIpc) is 3.34. The molecule has 0 spiro atoms. The highest BCUT2D eigenvalue weighted by atomic mass is 31.3. The molecule has 2 heterocycles. The van der Waals surface area contributed by atoms with Gasteiger partial charge in [-0.2, -0.15) is 4.98 Å². The highest BCUT2D eigenvalue weighted by Crippen LogP contribution is 2.60. The maximum Gasteiger partial charge on any atom is 0.514 e. The molecule has 20 nitrogen and oxygen atoms in total. The molecule has 1 fully saturated rings. The normalized spacial score (nSPS) is 21.6. The Kier molecular flexibility index (Phi) is 13.0. The first-order chi connectivity index (χ1) is 23.6. The minimum atomic E-state index is -5.33. The van der Waals surface area contributed by atoms with Crippen LogP contribution in [0.25, 0.3) is 0 Å². The van der Waals surface area contributed by atoms with Crippen LogP contribution in [0.1, 0.15) is 19.1 Å². The Morgan fingerprint density at radius 3 is 2.32 bits per heavy atom. The second kappa shape index (κ2) is 16.9. The van der Waals surface area contributed by atoms with Gasteiger partial charge in [0.15, 0.2) is 12.3 Å². The zero-order chi connectivity index (χ0) is 36.5. The van der Waals surface area contributed by atoms with Gasteiger partial charge in [-0.15, -0.1) is 0 Å². The summed E-state index contributed by atoms with van der Waals surface area (Å²) in [7, 11) is -10.1. The molecular formula is C28H33N5O15P2. The molecule has 0 saturated carbocycles. The van der Waals surface area contributed by atoms with Crippen LogP contribution in [0.3, 0.4) is 0 Å². The Hall–Kier alpha value is -4.49. The van der Waals surface area contributed by atoms with E-state index in [0.717, 1.165) is 10.8 Å². The molecule has 1 saturated heterocycles. The molecule has 7 atom stereocenters. The van der Waals surface area contributed by atoms with Crippen molar-refractivity contribution >= 4 is 45.1 Å². The molecule has 1 aromatic heterocycles. The molecule has 0 bridgehead atoms. The Labute approximate surface area is 282 Å². The number of aliphatic carboxylic acids is 1. The number of rotatable bonds is 15. The summed E-state index contributed by atoms with van der Waals surface area (Å²) < 4.78 is 50.9. The van der Waals surface area contributed by atoms with E-state index in [1.807, 2.05) is 0 Å². The van der Waals surface area contributed by atoms with E-state index in [-0.39, 0.29) is 24.4 Å². The first-order valence-corrected chi connectivity index (χ1v) is 17.9. The molecule has 50 heavy (non-hydrogen) atoms. The lowest BCUT2D eigenvalue weighted by Gasteiger charge is -2.21. The molecule has 3 aromatic rings. The van der Waals surface area contributed by atoms with Crippen LogP contribution in [0.2, 0.25) is 0 Å². The molecular weight excluding hydrogens is 708 g/mol. The molecule has 1 aliphatic heterocycles. The van der Waals surface area contributed by atoms with Crippen molar-refractivity contribution in [1.29, 1.82) is 0 Å². The zero-order valence-corrected chi connectivity index (χ0v) is 27.6. The molecule has 4 rings (SSSR count). The number of urea groups is 1. The molecule has 2 aromatic carbocycles. The molecule has 0 radical (unpaired) electrons. The maximum atomic E-state index is 13.1. The van der Waals surface area contributed by atoms with Crippen molar-refractivity contribution in [3.63, 3.8) is 0 Å². The van der Waals surface area contributed by atoms with E-state index < -0.39 is 82.6 Å². The Morgan fingerprint density at radius 1 is 1.02 bits per heavy atom. The first kappa shape index (κ1) is 38.3. The molecule has 2 amide bonds. The van der Waals surface area contributed by atoms with Crippen molar-refractivity contribution < 1.29 is 66.6 Å². The van der Waals surface area contributed by atoms with Gasteiger partial charge in [0.05, 0.1) is 12.8 Å². The van der Waals surface area contributed by atoms with E-state index >= 15 is 0 Å². The van der Waals surface area contributed by atoms with Crippen molar-refractivity contribution in [2.75, 3.05) is 23.4 Å². The number of carbonyl (C=O) groups is 3. The van der Waals surface area contributed by atoms with Gasteiger partial charge >= 0.3 is 39.3 Å². The van der Waals surface area contributed by atoms with Gasteiger partial charge in [0.1, 0.15) is 29.8 Å². The number of aliphatic hydroxyl groups excluding tert-OH is 1. The number of carboxylic acid groups (broad SMARTS) is 1. The van der Waals surface area contributed by atoms with Gasteiger partial charge in [0.25, 0.3) is 0 Å². The molecule has 1 aliphatic rings. The number of para-hydroxylation sites is 2. The lowest BCUT2D eigenvalue weighted by atomic mass is 10.1. The van der Waals surface area contributed by atoms with Crippen molar-refractivity contribution in [3.8, 4) is 5.75 Å². The van der Waals surface area contributed by atoms with E-state index in [1.165, 1.54) is 18.2 Å². The van der Waals surface area contributed by atoms with Gasteiger partial charge in [0, 0.05) is 11.9 Å². The summed E-state index contributed by atoms with van der Waals surface area (Å²) in [4.78, 5) is 72.7. The van der Waals surface area contributed by atoms with Gasteiger partial charge in [-0.25, -0.2) is 23.3 Å². The predicted octanol–water partition coefficient (Wildman–Crippen LogP) is 2.24. The summed E-state index contributed by atoms with van der Waals surface area (Å²) >= 11 is 0. The van der Waals surface area contributed by atoms with Crippen LogP contribution in [0.15, 0.2) is 77.7 Å². The zero-order valence-electron chi connectivity index (χ0n) is 25.8. The summed E-state index contributed by atoms with van der Waals surface area (Å²) in [5.41, 5.74) is 4.75. The van der Waals surface area contributed by atoms with Gasteiger partial charge in [-0.1, -0.05) is 36.4 Å². The van der Waals surface area contributed by atoms with Crippen molar-refractivity contribution in [3.05, 3.63) is 83.4 Å². The van der Waals surface area contributed by atoms with E-state index in [9.17, 15) is 43.2 Å². The minimum absolute atomic E-state index is 0.0714. The number of aliphatic hydroxyl groups is 1. The number of amides is 2. The van der Waals surface area contributed by atoms with Crippen LogP contribution < -0.4 is 26.8 Å². The molecule has 5 unspecified atom stereocenters. The SMILES string of the molecule is NC(CCCP(=O)(O)OP(=O)(O)OC[C@H]1O[C@@H](n2ccc(NC(=O)Nc3ccccc3)nc2=O)C(OC(=O)Oc2ccccc2)C1O)C(=O)O. The van der Waals surface area contributed by atoms with Gasteiger partial charge < -0.3 is 45.3 Å². The van der Waals surface area contributed by atoms with E-state index in [1.54, 1.807) is 48.5 Å². The Balaban J connectivity index is 1.46. The fourth-order valence-corrected chi connectivity index (χ4v) is 7.15. The first-order valence-electron chi connectivity index (χ1n) is 14.6. The summed E-state index contributed by atoms with van der Waals surface area (Å²) in [6.07, 6.45) is -8.28. The average molecular weight is 742 g/mol. The second-order valence-corrected chi connectivity index (χ2v) is 14.1. The fraction of sp³-hybridized carbons (Fsp3) is 0.321. The fourth-order valence-electron chi connectivity index (χ4n) is 4.43. The largest absolute Gasteiger partial charge is 0.514 e. The number of nitrogens with zero attached hydrogens (tertiary/aromatic N) is 2. The number of benzene rings is 2. The topological polar surface area (TPSA) is 297 Å². The number of phosphoric acid groups is 1. The summed E-state index contributed by atoms with van der Waals surface area (Å²) in [5, 5.41) is 24.8. The van der Waals surface area contributed by atoms with Gasteiger partial charge in [0.2, 0.25) is 0 Å². The Bertz CT molecular complexity index is 1800. The number of nitrogens with one attached hydrogen (secondary N) is 2. The van der Waals surface area contributed by atoms with E-state index in [4.69, 9.17) is 29.6 Å². The highest BCUT2D eigenvalue weighted by Gasteiger charge is 2.49. The lowest BCUT2D eigenvalue weighted by molar-refractivity contribution is -0.138. The molecule has 0 aliphatic carbocycles. The number of ether oxygens (including phenoxy) is 3. The van der Waals surface area contributed by atoms with Crippen LogP contribution in [-0.2, 0) is 32.2 Å². The quantitative estimate of drug-likeness (QED) is 0.0667. The molecule has 270 valence electrons. The number of hydrogen-bond donors (Lipinski definition) is 7. The second-order valence-electron chi connectivity index (χ2n) is 10.5. The third-order valence-corrected chi connectivity index (χ3v) is 9.98. The van der Waals surface area contributed by atoms with Crippen LogP contribution in [0.5, 0.6) is 5.75 Å². The van der Waals surface area contributed by atoms with Gasteiger partial charge in [-0.05, 0) is 43.2 Å². The molecule has 8 N–H and O–H groups in total. The van der Waals surface area contributed by atoms with Crippen LogP contribution in [0, 0.1) is 0 Å². The third-order valence-electron chi connectivity index (χ3n) is 6.77. The van der Waals surface area contributed by atoms with Crippen molar-refractivity contribution in [1.82, 2.24) is 9.55 Å². The molecule has 22 heteroatoms. The maximum absolute atomic E-state index is 13.1. The summed E-state index contributed by atoms with van der Waals surface area (Å²) in [6.45, 7) is -0.996. The number of carboxylic acids is 1.